The van der Waals surface area contributed by atoms with Crippen LogP contribution in [0, 0.1) is 17.8 Å². The van der Waals surface area contributed by atoms with Gasteiger partial charge in [0.25, 0.3) is 0 Å². The van der Waals surface area contributed by atoms with Gasteiger partial charge in [0, 0.05) is 18.1 Å². The Morgan fingerprint density at radius 3 is 2.60 bits per heavy atom. The van der Waals surface area contributed by atoms with Crippen LogP contribution in [0.5, 0.6) is 5.88 Å². The molecule has 1 aliphatic rings. The second-order valence-electron chi connectivity index (χ2n) is 11.1. The summed E-state index contributed by atoms with van der Waals surface area (Å²) in [6.45, 7) is 14.6. The first-order valence-corrected chi connectivity index (χ1v) is 12.3. The molecule has 3 rings (SSSR count). The summed E-state index contributed by atoms with van der Waals surface area (Å²) in [5.41, 5.74) is 0.448. The van der Waals surface area contributed by atoms with Gasteiger partial charge in [-0.1, -0.05) is 31.3 Å². The fourth-order valence-corrected chi connectivity index (χ4v) is 4.03. The second kappa shape index (κ2) is 11.0. The van der Waals surface area contributed by atoms with Crippen LogP contribution in [0.4, 0.5) is 16.4 Å². The van der Waals surface area contributed by atoms with E-state index < -0.39 is 11.7 Å². The van der Waals surface area contributed by atoms with Gasteiger partial charge in [-0.25, -0.2) is 9.48 Å². The van der Waals surface area contributed by atoms with Crippen LogP contribution in [0.1, 0.15) is 79.3 Å². The quantitative estimate of drug-likeness (QED) is 0.523. The van der Waals surface area contributed by atoms with E-state index in [1.165, 1.54) is 19.3 Å². The van der Waals surface area contributed by atoms with E-state index in [0.29, 0.717) is 17.6 Å². The minimum absolute atomic E-state index is 0.163. The Labute approximate surface area is 209 Å². The lowest BCUT2D eigenvalue weighted by Crippen LogP contribution is -2.32. The molecule has 1 saturated carbocycles. The van der Waals surface area contributed by atoms with Crippen molar-refractivity contribution in [1.29, 1.82) is 0 Å². The molecule has 1 aliphatic carbocycles. The van der Waals surface area contributed by atoms with E-state index in [4.69, 9.17) is 14.6 Å². The zero-order valence-electron chi connectivity index (χ0n) is 22.1. The van der Waals surface area contributed by atoms with Gasteiger partial charge >= 0.3 is 6.09 Å². The van der Waals surface area contributed by atoms with Crippen LogP contribution in [-0.4, -0.2) is 39.6 Å². The molecule has 1 amide bonds. The van der Waals surface area contributed by atoms with Gasteiger partial charge in [-0.15, -0.1) is 0 Å². The minimum atomic E-state index is -0.535. The van der Waals surface area contributed by atoms with Gasteiger partial charge in [-0.2, -0.15) is 10.1 Å². The molecule has 0 spiro atoms. The third-order valence-electron chi connectivity index (χ3n) is 5.59. The first-order valence-electron chi connectivity index (χ1n) is 12.3. The third kappa shape index (κ3) is 8.20. The predicted octanol–water partition coefficient (Wildman–Crippen LogP) is 5.59. The Balaban J connectivity index is 1.59. The molecule has 190 valence electrons. The molecule has 2 N–H and O–H groups in total. The summed E-state index contributed by atoms with van der Waals surface area (Å²) < 4.78 is 12.9. The number of amides is 1. The van der Waals surface area contributed by atoms with E-state index in [1.54, 1.807) is 6.07 Å². The molecule has 2 aromatic rings. The molecule has 1 fully saturated rings. The van der Waals surface area contributed by atoms with Crippen molar-refractivity contribution in [2.45, 2.75) is 84.8 Å². The number of nitrogens with zero attached hydrogens (tertiary/aromatic N) is 3. The minimum Gasteiger partial charge on any atom is -0.464 e. The van der Waals surface area contributed by atoms with Crippen LogP contribution in [-0.2, 0) is 10.3 Å². The summed E-state index contributed by atoms with van der Waals surface area (Å²) in [4.78, 5) is 16.2. The van der Waals surface area contributed by atoms with Gasteiger partial charge in [0.15, 0.2) is 6.61 Å². The lowest BCUT2D eigenvalue weighted by atomic mass is 10.0. The number of pyridine rings is 1. The average Bonchev–Trinajstić information content (AvgIpc) is 3.36. The molecule has 0 unspecified atom stereocenters. The molecular formula is C27H39N5O3. The number of aromatic nitrogens is 3. The van der Waals surface area contributed by atoms with E-state index in [2.05, 4.69) is 61.2 Å². The van der Waals surface area contributed by atoms with Gasteiger partial charge in [-0.05, 0) is 66.4 Å². The number of hydrogen-bond acceptors (Lipinski definition) is 6. The molecule has 0 aromatic carbocycles. The maximum absolute atomic E-state index is 11.6. The molecule has 2 heterocycles. The molecule has 2 aromatic heterocycles. The topological polar surface area (TPSA) is 90.3 Å². The number of carbonyl (C=O) groups excluding carboxylic acids is 1. The Kier molecular flexibility index (Phi) is 8.31. The largest absolute Gasteiger partial charge is 0.464 e. The van der Waals surface area contributed by atoms with E-state index >= 15 is 0 Å². The average molecular weight is 482 g/mol. The molecule has 35 heavy (non-hydrogen) atoms. The summed E-state index contributed by atoms with van der Waals surface area (Å²) in [6.07, 6.45) is 3.15. The Bertz CT molecular complexity index is 1070. The molecular weight excluding hydrogens is 442 g/mol. The highest BCUT2D eigenvalue weighted by Gasteiger charge is 2.28. The Morgan fingerprint density at radius 2 is 1.94 bits per heavy atom. The van der Waals surface area contributed by atoms with Gasteiger partial charge < -0.3 is 20.1 Å². The van der Waals surface area contributed by atoms with E-state index in [0.717, 1.165) is 17.4 Å². The number of ether oxygens (including phenoxy) is 2. The van der Waals surface area contributed by atoms with Crippen molar-refractivity contribution in [2.24, 2.45) is 5.92 Å². The van der Waals surface area contributed by atoms with Crippen LogP contribution < -0.4 is 15.4 Å². The number of rotatable bonds is 6. The highest BCUT2D eigenvalue weighted by Crippen LogP contribution is 2.39. The van der Waals surface area contributed by atoms with Crippen molar-refractivity contribution >= 4 is 17.7 Å². The van der Waals surface area contributed by atoms with Crippen molar-refractivity contribution < 1.29 is 14.3 Å². The van der Waals surface area contributed by atoms with Crippen LogP contribution in [0.15, 0.2) is 24.3 Å². The first kappa shape index (κ1) is 26.4. The van der Waals surface area contributed by atoms with Crippen molar-refractivity contribution in [3.05, 3.63) is 30.0 Å². The van der Waals surface area contributed by atoms with Crippen LogP contribution in [0.2, 0.25) is 0 Å². The summed E-state index contributed by atoms with van der Waals surface area (Å²) in [7, 11) is 0. The summed E-state index contributed by atoms with van der Waals surface area (Å²) in [6, 6.07) is 7.74. The van der Waals surface area contributed by atoms with Crippen LogP contribution in [0.3, 0.4) is 0 Å². The normalized spacial score (nSPS) is 17.9. The fraction of sp³-hybridized carbons (Fsp3) is 0.593. The number of hydrogen-bond donors (Lipinski definition) is 2. The van der Waals surface area contributed by atoms with Gasteiger partial charge in [0.2, 0.25) is 5.88 Å². The summed E-state index contributed by atoms with van der Waals surface area (Å²) >= 11 is 0. The zero-order valence-corrected chi connectivity index (χ0v) is 22.1. The lowest BCUT2D eigenvalue weighted by molar-refractivity contribution is 0.0535. The maximum Gasteiger partial charge on any atom is 0.408 e. The van der Waals surface area contributed by atoms with Crippen molar-refractivity contribution in [3.63, 3.8) is 0 Å². The van der Waals surface area contributed by atoms with E-state index in [-0.39, 0.29) is 18.7 Å². The Morgan fingerprint density at radius 1 is 1.17 bits per heavy atom. The first-order chi connectivity index (χ1) is 16.4. The van der Waals surface area contributed by atoms with Crippen molar-refractivity contribution in [3.8, 4) is 17.7 Å². The van der Waals surface area contributed by atoms with Gasteiger partial charge in [0.05, 0.1) is 17.8 Å². The van der Waals surface area contributed by atoms with E-state index in [9.17, 15) is 4.79 Å². The molecule has 0 aliphatic heterocycles. The lowest BCUT2D eigenvalue weighted by Gasteiger charge is -2.22. The van der Waals surface area contributed by atoms with Crippen LogP contribution >= 0.6 is 0 Å². The molecule has 8 heteroatoms. The van der Waals surface area contributed by atoms with Crippen molar-refractivity contribution in [2.75, 3.05) is 18.5 Å². The standard InChI is InChI=1S/C27H39N5O3/c1-19-13-14-20(17-19)21-18-23(32(31-21)26(2,3)4)29-22-11-10-12-24(30-22)34-16-9-8-15-28-25(33)35-27(5,6)7/h10-12,18-20H,13-17H2,1-7H3,(H,28,33)(H,29,30)/t19-,20+/m1/s1. The van der Waals surface area contributed by atoms with E-state index in [1.807, 2.05) is 37.6 Å². The summed E-state index contributed by atoms with van der Waals surface area (Å²) in [5.74, 6) is 9.05. The SMILES string of the molecule is C[C@@H]1CC[C@H](c2cc(Nc3cccc(OCC#CCNC(=O)OC(C)(C)C)n3)n(C(C)(C)C)n2)C1. The molecule has 8 nitrogen and oxygen atoms in total. The van der Waals surface area contributed by atoms with Crippen LogP contribution in [0.25, 0.3) is 0 Å². The highest BCUT2D eigenvalue weighted by molar-refractivity contribution is 5.68. The monoisotopic (exact) mass is 481 g/mol. The number of nitrogens with one attached hydrogen (secondary N) is 2. The zero-order chi connectivity index (χ0) is 25.6. The molecule has 0 radical (unpaired) electrons. The molecule has 2 atom stereocenters. The molecule has 0 bridgehead atoms. The maximum atomic E-state index is 11.6. The second-order valence-corrected chi connectivity index (χ2v) is 11.1. The fourth-order valence-electron chi connectivity index (χ4n) is 4.03. The molecule has 0 saturated heterocycles. The van der Waals surface area contributed by atoms with Gasteiger partial charge in [-0.3, -0.25) is 0 Å². The smallest absolute Gasteiger partial charge is 0.408 e. The third-order valence-corrected chi connectivity index (χ3v) is 5.59. The predicted molar refractivity (Wildman–Crippen MR) is 138 cm³/mol. The van der Waals surface area contributed by atoms with Gasteiger partial charge in [0.1, 0.15) is 17.2 Å². The number of anilines is 2. The Hall–Kier alpha value is -3.21. The highest BCUT2D eigenvalue weighted by atomic mass is 16.6. The van der Waals surface area contributed by atoms with Crippen molar-refractivity contribution in [1.82, 2.24) is 20.1 Å². The number of carbonyl (C=O) groups is 1. The number of alkyl carbamates (subject to hydrolysis) is 1. The summed E-state index contributed by atoms with van der Waals surface area (Å²) in [5, 5.41) is 11.0.